The highest BCUT2D eigenvalue weighted by atomic mass is 16.6. The van der Waals surface area contributed by atoms with Crippen LogP contribution in [0.1, 0.15) is 35.8 Å². The van der Waals surface area contributed by atoms with E-state index < -0.39 is 22.8 Å². The number of amides is 1. The van der Waals surface area contributed by atoms with E-state index in [1.54, 1.807) is 0 Å². The molecule has 1 aromatic rings. The molecule has 7 nitrogen and oxygen atoms in total. The van der Waals surface area contributed by atoms with Crippen LogP contribution < -0.4 is 5.32 Å². The van der Waals surface area contributed by atoms with Gasteiger partial charge in [0.15, 0.2) is 0 Å². The second-order valence-corrected chi connectivity index (χ2v) is 3.75. The topological polar surface area (TPSA) is 110 Å². The molecule has 7 heteroatoms. The lowest BCUT2D eigenvalue weighted by molar-refractivity contribution is -0.524. The van der Waals surface area contributed by atoms with Gasteiger partial charge in [0.05, 0.1) is 11.3 Å². The highest BCUT2D eigenvalue weighted by Crippen LogP contribution is 2.26. The first-order valence-electron chi connectivity index (χ1n) is 5.11. The zero-order valence-electron chi connectivity index (χ0n) is 9.84. The number of aromatic carboxylic acids is 1. The van der Waals surface area contributed by atoms with Crippen molar-refractivity contribution in [3.05, 3.63) is 39.4 Å². The molecule has 1 rings (SSSR count). The SMILES string of the molecule is CC(=O)Nc1cc(C(=O)O)ccc1C(C)[N+](=O)[O-]. The van der Waals surface area contributed by atoms with Crippen LogP contribution in [0.3, 0.4) is 0 Å². The molecular weight excluding hydrogens is 240 g/mol. The van der Waals surface area contributed by atoms with Crippen molar-refractivity contribution in [3.8, 4) is 0 Å². The largest absolute Gasteiger partial charge is 0.478 e. The first-order chi connectivity index (χ1) is 8.32. The van der Waals surface area contributed by atoms with Crippen molar-refractivity contribution < 1.29 is 19.6 Å². The van der Waals surface area contributed by atoms with Gasteiger partial charge in [-0.25, -0.2) is 4.79 Å². The number of carbonyl (C=O) groups is 2. The average molecular weight is 252 g/mol. The van der Waals surface area contributed by atoms with Gasteiger partial charge in [-0.05, 0) is 18.2 Å². The van der Waals surface area contributed by atoms with Crippen LogP contribution in [0.25, 0.3) is 0 Å². The highest BCUT2D eigenvalue weighted by Gasteiger charge is 2.21. The van der Waals surface area contributed by atoms with E-state index in [0.717, 1.165) is 0 Å². The summed E-state index contributed by atoms with van der Waals surface area (Å²) in [7, 11) is 0. The number of nitrogens with one attached hydrogen (secondary N) is 1. The van der Waals surface area contributed by atoms with Gasteiger partial charge < -0.3 is 10.4 Å². The summed E-state index contributed by atoms with van der Waals surface area (Å²) in [5.74, 6) is -1.59. The minimum Gasteiger partial charge on any atom is -0.478 e. The number of carbonyl (C=O) groups excluding carboxylic acids is 1. The molecule has 0 radical (unpaired) electrons. The zero-order valence-corrected chi connectivity index (χ0v) is 9.84. The molecule has 2 N–H and O–H groups in total. The van der Waals surface area contributed by atoms with Crippen LogP contribution in [0, 0.1) is 10.1 Å². The second kappa shape index (κ2) is 5.26. The Morgan fingerprint density at radius 1 is 1.44 bits per heavy atom. The molecule has 0 bridgehead atoms. The van der Waals surface area contributed by atoms with E-state index in [1.807, 2.05) is 0 Å². The summed E-state index contributed by atoms with van der Waals surface area (Å²) in [4.78, 5) is 32.0. The second-order valence-electron chi connectivity index (χ2n) is 3.75. The molecule has 0 fully saturated rings. The standard InChI is InChI=1S/C11H12N2O5/c1-6(13(17)18)9-4-3-8(11(15)16)5-10(9)12-7(2)14/h3-6H,1-2H3,(H,12,14)(H,15,16). The zero-order chi connectivity index (χ0) is 13.9. The quantitative estimate of drug-likeness (QED) is 0.625. The molecule has 0 spiro atoms. The Labute approximate surface area is 103 Å². The summed E-state index contributed by atoms with van der Waals surface area (Å²) < 4.78 is 0. The third-order valence-corrected chi connectivity index (χ3v) is 2.38. The van der Waals surface area contributed by atoms with Gasteiger partial charge >= 0.3 is 5.97 Å². The van der Waals surface area contributed by atoms with Gasteiger partial charge in [0, 0.05) is 24.3 Å². The van der Waals surface area contributed by atoms with Gasteiger partial charge in [-0.15, -0.1) is 0 Å². The molecule has 96 valence electrons. The Hall–Kier alpha value is -2.44. The minimum atomic E-state index is -1.16. The number of nitrogens with zero attached hydrogens (tertiary/aromatic N) is 1. The molecule has 1 aromatic carbocycles. The number of benzene rings is 1. The van der Waals surface area contributed by atoms with E-state index in [1.165, 1.54) is 32.0 Å². The van der Waals surface area contributed by atoms with Gasteiger partial charge in [-0.3, -0.25) is 14.9 Å². The lowest BCUT2D eigenvalue weighted by Crippen LogP contribution is -2.14. The lowest BCUT2D eigenvalue weighted by Gasteiger charge is -2.12. The average Bonchev–Trinajstić information content (AvgIpc) is 2.26. The molecule has 0 aliphatic heterocycles. The molecule has 0 saturated heterocycles. The number of carboxylic acid groups (broad SMARTS) is 1. The van der Waals surface area contributed by atoms with E-state index in [-0.39, 0.29) is 16.8 Å². The van der Waals surface area contributed by atoms with Crippen LogP contribution in [-0.2, 0) is 4.79 Å². The molecular formula is C11H12N2O5. The van der Waals surface area contributed by atoms with Gasteiger partial charge in [-0.1, -0.05) is 0 Å². The molecule has 18 heavy (non-hydrogen) atoms. The predicted molar refractivity (Wildman–Crippen MR) is 63.1 cm³/mol. The fourth-order valence-electron chi connectivity index (χ4n) is 1.47. The van der Waals surface area contributed by atoms with Crippen LogP contribution in [-0.4, -0.2) is 21.9 Å². The molecule has 1 unspecified atom stereocenters. The molecule has 1 amide bonds. The number of rotatable bonds is 4. The van der Waals surface area contributed by atoms with Gasteiger partial charge in [0.2, 0.25) is 11.9 Å². The molecule has 0 aliphatic carbocycles. The fraction of sp³-hybridized carbons (Fsp3) is 0.273. The number of carboxylic acids is 1. The van der Waals surface area contributed by atoms with Gasteiger partial charge in [0.25, 0.3) is 0 Å². The summed E-state index contributed by atoms with van der Waals surface area (Å²) in [6, 6.07) is 2.78. The lowest BCUT2D eigenvalue weighted by atomic mass is 10.0. The van der Waals surface area contributed by atoms with Crippen LogP contribution >= 0.6 is 0 Å². The highest BCUT2D eigenvalue weighted by molar-refractivity contribution is 5.93. The van der Waals surface area contributed by atoms with Gasteiger partial charge in [-0.2, -0.15) is 0 Å². The van der Waals surface area contributed by atoms with Crippen LogP contribution in [0.2, 0.25) is 0 Å². The Bertz CT molecular complexity index is 512. The molecule has 0 saturated carbocycles. The Kier molecular flexibility index (Phi) is 3.98. The van der Waals surface area contributed by atoms with Crippen LogP contribution in [0.5, 0.6) is 0 Å². The van der Waals surface area contributed by atoms with Crippen molar-refractivity contribution in [1.29, 1.82) is 0 Å². The number of anilines is 1. The van der Waals surface area contributed by atoms with E-state index in [9.17, 15) is 19.7 Å². The third kappa shape index (κ3) is 3.03. The maximum Gasteiger partial charge on any atom is 0.335 e. The Morgan fingerprint density at radius 2 is 2.06 bits per heavy atom. The maximum atomic E-state index is 11.0. The van der Waals surface area contributed by atoms with Gasteiger partial charge in [0.1, 0.15) is 0 Å². The van der Waals surface area contributed by atoms with Crippen molar-refractivity contribution in [2.75, 3.05) is 5.32 Å². The van der Waals surface area contributed by atoms with E-state index in [2.05, 4.69) is 5.32 Å². The third-order valence-electron chi connectivity index (χ3n) is 2.38. The maximum absolute atomic E-state index is 11.0. The van der Waals surface area contributed by atoms with Crippen molar-refractivity contribution >= 4 is 17.6 Å². The summed E-state index contributed by atoms with van der Waals surface area (Å²) in [6.07, 6.45) is 0. The summed E-state index contributed by atoms with van der Waals surface area (Å²) in [6.45, 7) is 2.61. The molecule has 0 aromatic heterocycles. The van der Waals surface area contributed by atoms with E-state index >= 15 is 0 Å². The number of nitro groups is 1. The predicted octanol–water partition coefficient (Wildman–Crippen LogP) is 1.68. The molecule has 0 heterocycles. The number of hydrogen-bond acceptors (Lipinski definition) is 4. The summed E-state index contributed by atoms with van der Waals surface area (Å²) >= 11 is 0. The van der Waals surface area contributed by atoms with Crippen molar-refractivity contribution in [3.63, 3.8) is 0 Å². The fourth-order valence-corrected chi connectivity index (χ4v) is 1.47. The Morgan fingerprint density at radius 3 is 2.50 bits per heavy atom. The Balaban J connectivity index is 3.28. The monoisotopic (exact) mass is 252 g/mol. The van der Waals surface area contributed by atoms with Crippen molar-refractivity contribution in [2.45, 2.75) is 19.9 Å². The van der Waals surface area contributed by atoms with Crippen LogP contribution in [0.4, 0.5) is 5.69 Å². The van der Waals surface area contributed by atoms with Crippen LogP contribution in [0.15, 0.2) is 18.2 Å². The first kappa shape index (κ1) is 13.6. The summed E-state index contributed by atoms with van der Waals surface area (Å²) in [5, 5.41) is 22.0. The van der Waals surface area contributed by atoms with Crippen molar-refractivity contribution in [1.82, 2.24) is 0 Å². The first-order valence-corrected chi connectivity index (χ1v) is 5.11. The summed E-state index contributed by atoms with van der Waals surface area (Å²) in [5.41, 5.74) is 0.366. The molecule has 0 aliphatic rings. The van der Waals surface area contributed by atoms with E-state index in [0.29, 0.717) is 0 Å². The smallest absolute Gasteiger partial charge is 0.335 e. The van der Waals surface area contributed by atoms with E-state index in [4.69, 9.17) is 5.11 Å². The number of hydrogen-bond donors (Lipinski definition) is 2. The normalized spacial score (nSPS) is 11.7. The minimum absolute atomic E-state index is 0.0435. The van der Waals surface area contributed by atoms with Crippen molar-refractivity contribution in [2.24, 2.45) is 0 Å². The molecule has 1 atom stereocenters.